The number of hydrogen-bond donors (Lipinski definition) is 1. The van der Waals surface area contributed by atoms with Crippen LogP contribution in [0.15, 0.2) is 42.1 Å². The van der Waals surface area contributed by atoms with Crippen molar-refractivity contribution in [3.63, 3.8) is 0 Å². The average Bonchev–Trinajstić information content (AvgIpc) is 3.58. The molecule has 0 radical (unpaired) electrons. The van der Waals surface area contributed by atoms with E-state index >= 15 is 0 Å². The number of nitrogens with one attached hydrogen (secondary N) is 1. The van der Waals surface area contributed by atoms with Gasteiger partial charge in [-0.15, -0.1) is 0 Å². The molecule has 1 saturated carbocycles. The van der Waals surface area contributed by atoms with Gasteiger partial charge in [0.2, 0.25) is 21.8 Å². The molecule has 0 bridgehead atoms. The summed E-state index contributed by atoms with van der Waals surface area (Å²) >= 11 is 0. The molecule has 0 unspecified atom stereocenters. The van der Waals surface area contributed by atoms with Crippen molar-refractivity contribution in [2.75, 3.05) is 44.2 Å². The summed E-state index contributed by atoms with van der Waals surface area (Å²) in [6.45, 7) is 10.4. The van der Waals surface area contributed by atoms with Crippen LogP contribution in [0.25, 0.3) is 11.2 Å². The van der Waals surface area contributed by atoms with E-state index in [-0.39, 0.29) is 22.6 Å². The first-order valence-corrected chi connectivity index (χ1v) is 14.7. The molecule has 39 heavy (non-hydrogen) atoms. The Kier molecular flexibility index (Phi) is 6.99. The van der Waals surface area contributed by atoms with Crippen molar-refractivity contribution >= 4 is 38.7 Å². The Morgan fingerprint density at radius 1 is 1.18 bits per heavy atom. The van der Waals surface area contributed by atoms with Gasteiger partial charge in [-0.1, -0.05) is 26.5 Å². The van der Waals surface area contributed by atoms with Crippen LogP contribution in [-0.2, 0) is 19.6 Å². The number of anilines is 1. The van der Waals surface area contributed by atoms with E-state index < -0.39 is 15.6 Å². The first-order chi connectivity index (χ1) is 18.6. The van der Waals surface area contributed by atoms with E-state index in [9.17, 15) is 23.3 Å². The van der Waals surface area contributed by atoms with Gasteiger partial charge in [-0.25, -0.2) is 13.4 Å². The SMILES string of the molecule is C=CC(=O)N1CC=C(c2cnc3c(N4CCN(C(=O)C(C)C)CC4)cc(S(=O)(=O)NC4(C#N)CC4)cn23)CC1. The minimum Gasteiger partial charge on any atom is -0.365 e. The molecule has 0 aromatic carbocycles. The Morgan fingerprint density at radius 3 is 2.46 bits per heavy atom. The van der Waals surface area contributed by atoms with Crippen LogP contribution >= 0.6 is 0 Å². The van der Waals surface area contributed by atoms with Gasteiger partial charge in [0.05, 0.1) is 23.6 Å². The van der Waals surface area contributed by atoms with Crippen LogP contribution in [0, 0.1) is 17.2 Å². The van der Waals surface area contributed by atoms with Crippen molar-refractivity contribution in [3.05, 3.63) is 42.9 Å². The molecule has 2 aromatic rings. The number of imidazole rings is 1. The zero-order valence-corrected chi connectivity index (χ0v) is 23.1. The van der Waals surface area contributed by atoms with E-state index in [0.29, 0.717) is 69.9 Å². The molecule has 0 atom stereocenters. The smallest absolute Gasteiger partial charge is 0.246 e. The number of sulfonamides is 1. The Labute approximate surface area is 228 Å². The highest BCUT2D eigenvalue weighted by Gasteiger charge is 2.47. The molecule has 206 valence electrons. The second-order valence-corrected chi connectivity index (χ2v) is 12.3. The van der Waals surface area contributed by atoms with E-state index in [1.54, 1.807) is 27.8 Å². The fourth-order valence-electron chi connectivity index (χ4n) is 5.10. The maximum atomic E-state index is 13.5. The summed E-state index contributed by atoms with van der Waals surface area (Å²) in [5.41, 5.74) is 1.93. The minimum atomic E-state index is -4.00. The summed E-state index contributed by atoms with van der Waals surface area (Å²) in [5.74, 6) is -0.122. The quantitative estimate of drug-likeness (QED) is 0.519. The first-order valence-electron chi connectivity index (χ1n) is 13.2. The van der Waals surface area contributed by atoms with Gasteiger partial charge < -0.3 is 14.7 Å². The molecule has 2 amide bonds. The number of rotatable bonds is 7. The molecule has 5 rings (SSSR count). The van der Waals surface area contributed by atoms with Crippen LogP contribution in [0.3, 0.4) is 0 Å². The average molecular weight is 552 g/mol. The second-order valence-electron chi connectivity index (χ2n) is 10.6. The summed E-state index contributed by atoms with van der Waals surface area (Å²) in [6.07, 6.45) is 8.09. The number of fused-ring (bicyclic) bond motifs is 1. The Balaban J connectivity index is 1.53. The highest BCUT2D eigenvalue weighted by Crippen LogP contribution is 2.37. The number of piperazine rings is 1. The van der Waals surface area contributed by atoms with E-state index in [2.05, 4.69) is 27.3 Å². The number of nitrogens with zero attached hydrogens (tertiary/aromatic N) is 6. The Morgan fingerprint density at radius 2 is 1.90 bits per heavy atom. The normalized spacial score (nSPS) is 19.1. The zero-order chi connectivity index (χ0) is 27.9. The highest BCUT2D eigenvalue weighted by molar-refractivity contribution is 7.89. The molecule has 2 aliphatic heterocycles. The van der Waals surface area contributed by atoms with Gasteiger partial charge >= 0.3 is 0 Å². The lowest BCUT2D eigenvalue weighted by Crippen LogP contribution is -2.50. The number of pyridine rings is 1. The first kappa shape index (κ1) is 26.9. The number of carbonyl (C=O) groups excluding carboxylic acids is 2. The lowest BCUT2D eigenvalue weighted by Gasteiger charge is -2.37. The van der Waals surface area contributed by atoms with Gasteiger partial charge in [-0.2, -0.15) is 9.98 Å². The standard InChI is InChI=1S/C27H33N7O4S/c1-4-24(35)32-9-5-20(6-10-32)23-16-29-25-22(31-11-13-33(14-12-31)26(36)19(2)3)15-21(17-34(23)25)39(37,38)30-27(18-28)7-8-27/h4-5,15-17,19,30H,1,6-14H2,2-3H3. The van der Waals surface area contributed by atoms with E-state index in [1.165, 1.54) is 6.08 Å². The van der Waals surface area contributed by atoms with E-state index in [1.807, 2.05) is 24.8 Å². The summed E-state index contributed by atoms with van der Waals surface area (Å²) in [5, 5.41) is 9.49. The molecule has 0 spiro atoms. The van der Waals surface area contributed by atoms with Crippen LogP contribution < -0.4 is 9.62 Å². The summed E-state index contributed by atoms with van der Waals surface area (Å²) in [7, 11) is -4.00. The van der Waals surface area contributed by atoms with Crippen LogP contribution in [0.1, 0.15) is 38.8 Å². The summed E-state index contributed by atoms with van der Waals surface area (Å²) in [4.78, 5) is 34.9. The third kappa shape index (κ3) is 5.16. The number of carbonyl (C=O) groups is 2. The van der Waals surface area contributed by atoms with Crippen LogP contribution in [0.5, 0.6) is 0 Å². The predicted octanol–water partition coefficient (Wildman–Crippen LogP) is 1.78. The lowest BCUT2D eigenvalue weighted by atomic mass is 10.1. The zero-order valence-electron chi connectivity index (χ0n) is 22.3. The number of hydrogen-bond acceptors (Lipinski definition) is 7. The van der Waals surface area contributed by atoms with Crippen molar-refractivity contribution in [1.29, 1.82) is 5.26 Å². The highest BCUT2D eigenvalue weighted by atomic mass is 32.2. The second kappa shape index (κ2) is 10.1. The molecule has 2 aromatic heterocycles. The maximum Gasteiger partial charge on any atom is 0.246 e. The minimum absolute atomic E-state index is 0.0475. The third-order valence-electron chi connectivity index (χ3n) is 7.62. The van der Waals surface area contributed by atoms with Gasteiger partial charge in [0, 0.05) is 51.4 Å². The van der Waals surface area contributed by atoms with Crippen LogP contribution in [0.2, 0.25) is 0 Å². The molecule has 1 N–H and O–H groups in total. The van der Waals surface area contributed by atoms with Gasteiger partial charge in [-0.05, 0) is 37.0 Å². The predicted molar refractivity (Wildman–Crippen MR) is 146 cm³/mol. The molecule has 2 fully saturated rings. The Bertz CT molecular complexity index is 1510. The molecule has 4 heterocycles. The monoisotopic (exact) mass is 551 g/mol. The molecular formula is C27H33N7O4S. The van der Waals surface area contributed by atoms with Crippen molar-refractivity contribution in [2.24, 2.45) is 5.92 Å². The number of nitriles is 1. The number of aromatic nitrogens is 2. The molecule has 11 nitrogen and oxygen atoms in total. The van der Waals surface area contributed by atoms with Crippen LogP contribution in [-0.4, -0.2) is 84.2 Å². The van der Waals surface area contributed by atoms with Crippen molar-refractivity contribution in [2.45, 2.75) is 43.5 Å². The van der Waals surface area contributed by atoms with Crippen molar-refractivity contribution in [1.82, 2.24) is 23.9 Å². The number of amides is 2. The molecular weight excluding hydrogens is 518 g/mol. The fraction of sp³-hybridized carbons (Fsp3) is 0.481. The fourth-order valence-corrected chi connectivity index (χ4v) is 6.50. The molecule has 1 aliphatic carbocycles. The van der Waals surface area contributed by atoms with Gasteiger partial charge in [0.1, 0.15) is 10.4 Å². The van der Waals surface area contributed by atoms with Gasteiger partial charge in [0.15, 0.2) is 5.65 Å². The maximum absolute atomic E-state index is 13.5. The summed E-state index contributed by atoms with van der Waals surface area (Å²) < 4.78 is 31.3. The van der Waals surface area contributed by atoms with Crippen LogP contribution in [0.4, 0.5) is 5.69 Å². The molecule has 3 aliphatic rings. The largest absolute Gasteiger partial charge is 0.365 e. The van der Waals surface area contributed by atoms with Crippen molar-refractivity contribution < 1.29 is 18.0 Å². The topological polar surface area (TPSA) is 131 Å². The van der Waals surface area contributed by atoms with Gasteiger partial charge in [-0.3, -0.25) is 14.0 Å². The van der Waals surface area contributed by atoms with Gasteiger partial charge in [0.25, 0.3) is 0 Å². The van der Waals surface area contributed by atoms with E-state index in [0.717, 1.165) is 11.3 Å². The molecule has 1 saturated heterocycles. The lowest BCUT2D eigenvalue weighted by molar-refractivity contribution is -0.134. The van der Waals surface area contributed by atoms with E-state index in [4.69, 9.17) is 0 Å². The Hall–Kier alpha value is -3.69. The summed E-state index contributed by atoms with van der Waals surface area (Å²) in [6, 6.07) is 3.70. The van der Waals surface area contributed by atoms with Crippen molar-refractivity contribution in [3.8, 4) is 6.07 Å². The molecule has 12 heteroatoms. The third-order valence-corrected chi connectivity index (χ3v) is 9.12.